The van der Waals surface area contributed by atoms with E-state index in [1.807, 2.05) is 36.4 Å². The van der Waals surface area contributed by atoms with Crippen LogP contribution in [0.4, 0.5) is 39.8 Å². The van der Waals surface area contributed by atoms with E-state index in [9.17, 15) is 27.6 Å². The van der Waals surface area contributed by atoms with E-state index in [0.29, 0.717) is 52.0 Å². The Hall–Kier alpha value is -4.72. The predicted molar refractivity (Wildman–Crippen MR) is 183 cm³/mol. The number of carbonyl (C=O) groups is 3. The number of nitrogens with zero attached hydrogens (tertiary/aromatic N) is 5. The molecular weight excluding hydrogens is 675 g/mol. The number of aromatic nitrogens is 1. The fourth-order valence-corrected chi connectivity index (χ4v) is 7.23. The molecule has 2 fully saturated rings. The maximum absolute atomic E-state index is 14.0. The third-order valence-corrected chi connectivity index (χ3v) is 9.87. The minimum atomic E-state index is -4.71. The fraction of sp³-hybridized carbons (Fsp3) is 0.429. The van der Waals surface area contributed by atoms with Crippen molar-refractivity contribution in [3.63, 3.8) is 0 Å². The summed E-state index contributed by atoms with van der Waals surface area (Å²) >= 11 is 6.26. The monoisotopic (exact) mass is 713 g/mol. The summed E-state index contributed by atoms with van der Waals surface area (Å²) < 4.78 is 47.8. The number of amides is 4. The van der Waals surface area contributed by atoms with Gasteiger partial charge in [0.05, 0.1) is 16.3 Å². The average Bonchev–Trinajstić information content (AvgIpc) is 3.29. The van der Waals surface area contributed by atoms with Crippen molar-refractivity contribution in [2.75, 3.05) is 68.4 Å². The largest absolute Gasteiger partial charge is 0.436 e. The molecule has 1 aromatic heterocycles. The molecule has 2 aromatic carbocycles. The molecule has 1 atom stereocenters. The number of anilines is 3. The number of piperazine rings is 1. The van der Waals surface area contributed by atoms with E-state index in [2.05, 4.69) is 20.5 Å². The van der Waals surface area contributed by atoms with Crippen LogP contribution in [0.3, 0.4) is 0 Å². The van der Waals surface area contributed by atoms with Crippen LogP contribution in [0.15, 0.2) is 60.9 Å². The zero-order chi connectivity index (χ0) is 35.4. The standard InChI is InChI=1S/C35H39ClF3N7O4/c1-40-31-27(35(37,38)39)20-23(21-28(31)36)22-30(32(47)44-18-16-43(17-19-44)25-6-11-41-12-7-25)50-34(49)45-13-9-26(10-14-45)46-15-8-24-4-2-3-5-29(24)42-33(46)48/h2-7,11-12,20-21,26,30,40H,8-10,13-19,22H2,1H3,(H,42,48)/t30-/m1/s1. The van der Waals surface area contributed by atoms with Gasteiger partial charge in [-0.3, -0.25) is 9.78 Å². The fourth-order valence-electron chi connectivity index (χ4n) is 6.89. The second-order valence-electron chi connectivity index (χ2n) is 12.6. The highest BCUT2D eigenvalue weighted by atomic mass is 35.5. The quantitative estimate of drug-likeness (QED) is 0.321. The summed E-state index contributed by atoms with van der Waals surface area (Å²) in [7, 11) is 1.34. The lowest BCUT2D eigenvalue weighted by Crippen LogP contribution is -2.54. The number of nitrogens with one attached hydrogen (secondary N) is 2. The average molecular weight is 714 g/mol. The van der Waals surface area contributed by atoms with Crippen LogP contribution in [0.5, 0.6) is 0 Å². The van der Waals surface area contributed by atoms with Crippen LogP contribution in [0.25, 0.3) is 0 Å². The number of likely N-dealkylation sites (tertiary alicyclic amines) is 1. The van der Waals surface area contributed by atoms with Gasteiger partial charge >= 0.3 is 18.3 Å². The van der Waals surface area contributed by atoms with Crippen LogP contribution in [0.2, 0.25) is 5.02 Å². The Morgan fingerprint density at radius 1 is 1.00 bits per heavy atom. The van der Waals surface area contributed by atoms with E-state index in [-0.39, 0.29) is 47.9 Å². The van der Waals surface area contributed by atoms with Gasteiger partial charge in [-0.25, -0.2) is 9.59 Å². The van der Waals surface area contributed by atoms with Gasteiger partial charge in [-0.2, -0.15) is 13.2 Å². The molecule has 3 aliphatic heterocycles. The number of pyridine rings is 1. The van der Waals surface area contributed by atoms with Crippen molar-refractivity contribution in [2.45, 2.75) is 44.0 Å². The van der Waals surface area contributed by atoms with Gasteiger partial charge in [0.1, 0.15) is 0 Å². The molecule has 50 heavy (non-hydrogen) atoms. The summed E-state index contributed by atoms with van der Waals surface area (Å²) in [6, 6.07) is 13.4. The number of fused-ring (bicyclic) bond motifs is 1. The first kappa shape index (κ1) is 35.1. The number of carbonyl (C=O) groups excluding carboxylic acids is 3. The van der Waals surface area contributed by atoms with Gasteiger partial charge in [-0.05, 0) is 60.7 Å². The summed E-state index contributed by atoms with van der Waals surface area (Å²) in [5, 5.41) is 5.32. The number of urea groups is 1. The minimum Gasteiger partial charge on any atom is -0.436 e. The van der Waals surface area contributed by atoms with Crippen molar-refractivity contribution in [3.8, 4) is 0 Å². The highest BCUT2D eigenvalue weighted by Gasteiger charge is 2.38. The number of benzene rings is 2. The Morgan fingerprint density at radius 3 is 2.38 bits per heavy atom. The summed E-state index contributed by atoms with van der Waals surface area (Å²) in [5.74, 6) is -0.495. The van der Waals surface area contributed by atoms with Gasteiger partial charge in [0.25, 0.3) is 5.91 Å². The third-order valence-electron chi connectivity index (χ3n) is 9.57. The van der Waals surface area contributed by atoms with Gasteiger partial charge in [0.15, 0.2) is 6.10 Å². The van der Waals surface area contributed by atoms with Gasteiger partial charge in [0.2, 0.25) is 0 Å². The Labute approximate surface area is 293 Å². The predicted octanol–water partition coefficient (Wildman–Crippen LogP) is 5.75. The molecule has 0 bridgehead atoms. The van der Waals surface area contributed by atoms with Crippen molar-refractivity contribution < 1.29 is 32.3 Å². The second kappa shape index (κ2) is 15.0. The summed E-state index contributed by atoms with van der Waals surface area (Å²) in [6.07, 6.45) is -2.05. The molecule has 2 N–H and O–H groups in total. The first-order valence-electron chi connectivity index (χ1n) is 16.6. The van der Waals surface area contributed by atoms with E-state index in [0.717, 1.165) is 23.0 Å². The number of piperidine rings is 1. The molecule has 15 heteroatoms. The lowest BCUT2D eigenvalue weighted by atomic mass is 10.0. The van der Waals surface area contributed by atoms with Crippen molar-refractivity contribution in [2.24, 2.45) is 0 Å². The van der Waals surface area contributed by atoms with Gasteiger partial charge < -0.3 is 35.0 Å². The number of para-hydroxylation sites is 1. The van der Waals surface area contributed by atoms with E-state index in [4.69, 9.17) is 16.3 Å². The summed E-state index contributed by atoms with van der Waals surface area (Å²) in [4.78, 5) is 51.6. The molecule has 0 radical (unpaired) electrons. The van der Waals surface area contributed by atoms with Crippen LogP contribution < -0.4 is 15.5 Å². The number of halogens is 4. The molecule has 4 amide bonds. The topological polar surface area (TPSA) is 110 Å². The Balaban J connectivity index is 1.15. The molecule has 3 aromatic rings. The smallest absolute Gasteiger partial charge is 0.418 e. The minimum absolute atomic E-state index is 0.101. The third kappa shape index (κ3) is 7.85. The van der Waals surface area contributed by atoms with E-state index < -0.39 is 29.8 Å². The summed E-state index contributed by atoms with van der Waals surface area (Å²) in [5.41, 5.74) is 1.66. The lowest BCUT2D eigenvalue weighted by Gasteiger charge is -2.39. The molecule has 0 unspecified atom stereocenters. The molecule has 2 saturated heterocycles. The first-order valence-corrected chi connectivity index (χ1v) is 17.0. The number of hydrogen-bond donors (Lipinski definition) is 2. The Bertz CT molecular complexity index is 1700. The van der Waals surface area contributed by atoms with Crippen LogP contribution >= 0.6 is 11.6 Å². The lowest BCUT2D eigenvalue weighted by molar-refractivity contribution is -0.141. The molecule has 11 nitrogen and oxygen atoms in total. The van der Waals surface area contributed by atoms with E-state index >= 15 is 0 Å². The molecule has 3 aliphatic rings. The normalized spacial score (nSPS) is 17.8. The van der Waals surface area contributed by atoms with Crippen LogP contribution in [-0.4, -0.2) is 103 Å². The zero-order valence-electron chi connectivity index (χ0n) is 27.6. The molecular formula is C35H39ClF3N7O4. The van der Waals surface area contributed by atoms with Crippen molar-refractivity contribution in [1.29, 1.82) is 0 Å². The molecule has 4 heterocycles. The van der Waals surface area contributed by atoms with Gasteiger partial charge in [0, 0.05) is 89.1 Å². The van der Waals surface area contributed by atoms with Crippen molar-refractivity contribution in [1.82, 2.24) is 19.7 Å². The molecule has 0 saturated carbocycles. The van der Waals surface area contributed by atoms with E-state index in [1.165, 1.54) is 18.0 Å². The summed E-state index contributed by atoms with van der Waals surface area (Å²) in [6.45, 7) is 2.79. The number of alkyl halides is 3. The van der Waals surface area contributed by atoms with Crippen molar-refractivity contribution >= 4 is 46.7 Å². The van der Waals surface area contributed by atoms with Gasteiger partial charge in [-0.15, -0.1) is 0 Å². The van der Waals surface area contributed by atoms with Crippen LogP contribution in [0.1, 0.15) is 29.5 Å². The van der Waals surface area contributed by atoms with Gasteiger partial charge in [-0.1, -0.05) is 29.8 Å². The molecule has 266 valence electrons. The van der Waals surface area contributed by atoms with Crippen LogP contribution in [0, 0.1) is 0 Å². The number of rotatable bonds is 7. The van der Waals surface area contributed by atoms with Crippen molar-refractivity contribution in [3.05, 3.63) is 82.6 Å². The Morgan fingerprint density at radius 2 is 1.70 bits per heavy atom. The zero-order valence-corrected chi connectivity index (χ0v) is 28.3. The molecule has 0 aliphatic carbocycles. The Kier molecular flexibility index (Phi) is 10.6. The molecule has 0 spiro atoms. The van der Waals surface area contributed by atoms with Crippen LogP contribution in [-0.2, 0) is 28.5 Å². The maximum atomic E-state index is 14.0. The maximum Gasteiger partial charge on any atom is 0.418 e. The first-order chi connectivity index (χ1) is 24.0. The number of hydrogen-bond acceptors (Lipinski definition) is 7. The highest BCUT2D eigenvalue weighted by Crippen LogP contribution is 2.40. The molecule has 6 rings (SSSR count). The highest BCUT2D eigenvalue weighted by molar-refractivity contribution is 6.33. The second-order valence-corrected chi connectivity index (χ2v) is 13.0. The SMILES string of the molecule is CNc1c(Cl)cc(C[C@@H](OC(=O)N2CCC(N3CCc4ccccc4NC3=O)CC2)C(=O)N2CCN(c3ccncc3)CC2)cc1C(F)(F)F. The van der Waals surface area contributed by atoms with E-state index in [1.54, 1.807) is 22.2 Å². The number of ether oxygens (including phenoxy) is 1.